The molecule has 1 aromatic carbocycles. The van der Waals surface area contributed by atoms with Crippen molar-refractivity contribution in [2.24, 2.45) is 7.05 Å². The van der Waals surface area contributed by atoms with Gasteiger partial charge in [-0.25, -0.2) is 0 Å². The average molecular weight is 328 g/mol. The van der Waals surface area contributed by atoms with Crippen LogP contribution in [0.25, 0.3) is 0 Å². The smallest absolute Gasteiger partial charge is 0.263 e. The number of nitrogens with zero attached hydrogens (tertiary/aromatic N) is 2. The largest absolute Gasteiger partial charge is 0.483 e. The summed E-state index contributed by atoms with van der Waals surface area (Å²) >= 11 is 0. The molecule has 6 nitrogen and oxygen atoms in total. The van der Waals surface area contributed by atoms with Gasteiger partial charge in [0.25, 0.3) is 5.91 Å². The van der Waals surface area contributed by atoms with Crippen molar-refractivity contribution in [3.8, 4) is 5.75 Å². The Bertz CT molecular complexity index is 780. The van der Waals surface area contributed by atoms with Crippen LogP contribution in [0.5, 0.6) is 5.75 Å². The SMILES string of the molecule is Cc1ccc(C)c(OCC(=O)Nc2c3c(nn2C)CCNC3)c1C. The number of hydrogen-bond acceptors (Lipinski definition) is 4. The topological polar surface area (TPSA) is 68.2 Å². The van der Waals surface area contributed by atoms with Crippen molar-refractivity contribution in [3.63, 3.8) is 0 Å². The van der Waals surface area contributed by atoms with Gasteiger partial charge in [0.05, 0.1) is 5.69 Å². The molecule has 1 aromatic heterocycles. The van der Waals surface area contributed by atoms with Crippen molar-refractivity contribution in [1.29, 1.82) is 0 Å². The third-order valence-electron chi connectivity index (χ3n) is 4.55. The number of carbonyl (C=O) groups excluding carboxylic acids is 1. The van der Waals surface area contributed by atoms with E-state index >= 15 is 0 Å². The lowest BCUT2D eigenvalue weighted by Gasteiger charge is -2.15. The van der Waals surface area contributed by atoms with E-state index in [1.165, 1.54) is 0 Å². The quantitative estimate of drug-likeness (QED) is 0.901. The summed E-state index contributed by atoms with van der Waals surface area (Å²) in [6, 6.07) is 4.07. The zero-order valence-electron chi connectivity index (χ0n) is 14.7. The minimum absolute atomic E-state index is 0.0154. The molecule has 0 saturated heterocycles. The van der Waals surface area contributed by atoms with E-state index < -0.39 is 0 Å². The van der Waals surface area contributed by atoms with E-state index in [2.05, 4.69) is 21.8 Å². The number of hydrogen-bond donors (Lipinski definition) is 2. The molecule has 1 amide bonds. The van der Waals surface area contributed by atoms with Crippen molar-refractivity contribution in [2.75, 3.05) is 18.5 Å². The summed E-state index contributed by atoms with van der Waals surface area (Å²) in [7, 11) is 1.85. The number of fused-ring (bicyclic) bond motifs is 1. The van der Waals surface area contributed by atoms with Gasteiger partial charge in [-0.2, -0.15) is 5.10 Å². The van der Waals surface area contributed by atoms with Crippen LogP contribution in [-0.4, -0.2) is 28.8 Å². The predicted octanol–water partition coefficient (Wildman–Crippen LogP) is 2.01. The van der Waals surface area contributed by atoms with Gasteiger partial charge in [-0.05, 0) is 37.5 Å². The summed E-state index contributed by atoms with van der Waals surface area (Å²) in [5.41, 5.74) is 5.39. The second-order valence-corrected chi connectivity index (χ2v) is 6.31. The van der Waals surface area contributed by atoms with Gasteiger partial charge >= 0.3 is 0 Å². The van der Waals surface area contributed by atoms with Crippen molar-refractivity contribution in [1.82, 2.24) is 15.1 Å². The normalized spacial score (nSPS) is 13.5. The maximum Gasteiger partial charge on any atom is 0.263 e. The maximum atomic E-state index is 12.3. The minimum Gasteiger partial charge on any atom is -0.483 e. The fourth-order valence-electron chi connectivity index (χ4n) is 3.04. The zero-order chi connectivity index (χ0) is 17.3. The zero-order valence-corrected chi connectivity index (χ0v) is 14.7. The second kappa shape index (κ2) is 6.65. The molecular formula is C18H24N4O2. The third kappa shape index (κ3) is 3.14. The molecule has 0 bridgehead atoms. The van der Waals surface area contributed by atoms with Crippen molar-refractivity contribution in [3.05, 3.63) is 40.1 Å². The first kappa shape index (κ1) is 16.5. The monoisotopic (exact) mass is 328 g/mol. The highest BCUT2D eigenvalue weighted by molar-refractivity contribution is 5.92. The highest BCUT2D eigenvalue weighted by atomic mass is 16.5. The summed E-state index contributed by atoms with van der Waals surface area (Å²) in [5, 5.41) is 10.7. The Balaban J connectivity index is 1.69. The van der Waals surface area contributed by atoms with Gasteiger partial charge in [0, 0.05) is 32.1 Å². The van der Waals surface area contributed by atoms with Crippen LogP contribution in [0.2, 0.25) is 0 Å². The van der Waals surface area contributed by atoms with Crippen molar-refractivity contribution < 1.29 is 9.53 Å². The summed E-state index contributed by atoms with van der Waals surface area (Å²) in [4.78, 5) is 12.3. The van der Waals surface area contributed by atoms with Crippen molar-refractivity contribution >= 4 is 11.7 Å². The summed E-state index contributed by atoms with van der Waals surface area (Å²) in [6.07, 6.45) is 0.886. The standard InChI is InChI=1S/C18H24N4O2/c1-11-5-6-12(2)17(13(11)3)24-10-16(23)20-18-14-9-19-8-7-15(14)21-22(18)4/h5-6,19H,7-10H2,1-4H3,(H,20,23). The molecule has 2 heterocycles. The van der Waals surface area contributed by atoms with E-state index in [1.807, 2.05) is 33.9 Å². The van der Waals surface area contributed by atoms with Gasteiger partial charge in [-0.1, -0.05) is 12.1 Å². The molecule has 128 valence electrons. The number of ether oxygens (including phenoxy) is 1. The first-order valence-corrected chi connectivity index (χ1v) is 8.22. The summed E-state index contributed by atoms with van der Waals surface area (Å²) in [5.74, 6) is 1.37. The highest BCUT2D eigenvalue weighted by Gasteiger charge is 2.20. The lowest BCUT2D eigenvalue weighted by Crippen LogP contribution is -2.26. The molecule has 0 spiro atoms. The number of nitrogens with one attached hydrogen (secondary N) is 2. The average Bonchev–Trinajstić information content (AvgIpc) is 2.87. The Hall–Kier alpha value is -2.34. The number of aryl methyl sites for hydroxylation is 3. The predicted molar refractivity (Wildman–Crippen MR) is 93.4 cm³/mol. The van der Waals surface area contributed by atoms with Gasteiger partial charge < -0.3 is 15.4 Å². The fourth-order valence-corrected chi connectivity index (χ4v) is 3.04. The molecule has 0 saturated carbocycles. The van der Waals surface area contributed by atoms with Crippen LogP contribution in [0.4, 0.5) is 5.82 Å². The fraction of sp³-hybridized carbons (Fsp3) is 0.444. The molecule has 2 aromatic rings. The molecule has 6 heteroatoms. The summed E-state index contributed by atoms with van der Waals surface area (Å²) < 4.78 is 7.52. The Labute approximate surface area is 142 Å². The van der Waals surface area contributed by atoms with E-state index in [1.54, 1.807) is 4.68 Å². The van der Waals surface area contributed by atoms with E-state index in [4.69, 9.17) is 4.74 Å². The molecular weight excluding hydrogens is 304 g/mol. The second-order valence-electron chi connectivity index (χ2n) is 6.31. The van der Waals surface area contributed by atoms with Gasteiger partial charge in [0.15, 0.2) is 6.61 Å². The molecule has 3 rings (SSSR count). The molecule has 2 N–H and O–H groups in total. The first-order valence-electron chi connectivity index (χ1n) is 8.22. The number of benzene rings is 1. The van der Waals surface area contributed by atoms with Crippen LogP contribution in [0.3, 0.4) is 0 Å². The Kier molecular flexibility index (Phi) is 4.57. The van der Waals surface area contributed by atoms with Crippen LogP contribution in [0.1, 0.15) is 27.9 Å². The highest BCUT2D eigenvalue weighted by Crippen LogP contribution is 2.26. The van der Waals surface area contributed by atoms with Crippen LogP contribution >= 0.6 is 0 Å². The maximum absolute atomic E-state index is 12.3. The molecule has 24 heavy (non-hydrogen) atoms. The van der Waals surface area contributed by atoms with Gasteiger partial charge in [0.1, 0.15) is 11.6 Å². The van der Waals surface area contributed by atoms with Crippen LogP contribution in [0.15, 0.2) is 12.1 Å². The Morgan fingerprint density at radius 1 is 1.33 bits per heavy atom. The molecule has 0 fully saturated rings. The van der Waals surface area contributed by atoms with E-state index in [0.717, 1.165) is 59.0 Å². The lowest BCUT2D eigenvalue weighted by atomic mass is 10.1. The van der Waals surface area contributed by atoms with E-state index in [0.29, 0.717) is 0 Å². The van der Waals surface area contributed by atoms with Gasteiger partial charge in [-0.3, -0.25) is 9.48 Å². The van der Waals surface area contributed by atoms with E-state index in [-0.39, 0.29) is 12.5 Å². The number of aromatic nitrogens is 2. The number of carbonyl (C=O) groups is 1. The first-order chi connectivity index (χ1) is 11.5. The molecule has 0 radical (unpaired) electrons. The molecule has 0 aliphatic carbocycles. The number of rotatable bonds is 4. The minimum atomic E-state index is -0.174. The molecule has 1 aliphatic heterocycles. The number of amides is 1. The molecule has 0 unspecified atom stereocenters. The molecule has 0 atom stereocenters. The summed E-state index contributed by atoms with van der Waals surface area (Å²) in [6.45, 7) is 7.68. The van der Waals surface area contributed by atoms with Gasteiger partial charge in [-0.15, -0.1) is 0 Å². The third-order valence-corrected chi connectivity index (χ3v) is 4.55. The Morgan fingerprint density at radius 2 is 2.08 bits per heavy atom. The number of anilines is 1. The lowest BCUT2D eigenvalue weighted by molar-refractivity contribution is -0.118. The van der Waals surface area contributed by atoms with Crippen molar-refractivity contribution in [2.45, 2.75) is 33.7 Å². The van der Waals surface area contributed by atoms with Crippen LogP contribution in [0, 0.1) is 20.8 Å². The van der Waals surface area contributed by atoms with Crippen LogP contribution in [-0.2, 0) is 24.8 Å². The van der Waals surface area contributed by atoms with Gasteiger partial charge in [0.2, 0.25) is 0 Å². The Morgan fingerprint density at radius 3 is 2.88 bits per heavy atom. The van der Waals surface area contributed by atoms with E-state index in [9.17, 15) is 4.79 Å². The molecule has 1 aliphatic rings. The van der Waals surface area contributed by atoms with Crippen LogP contribution < -0.4 is 15.4 Å².